The molecule has 2 bridgehead atoms. The van der Waals surface area contributed by atoms with Gasteiger partial charge in [-0.05, 0) is 61.6 Å². The molecule has 8 nitrogen and oxygen atoms in total. The number of nitrogens with zero attached hydrogens (tertiary/aromatic N) is 3. The molecule has 0 aromatic heterocycles. The van der Waals surface area contributed by atoms with Crippen LogP contribution >= 0.6 is 11.8 Å². The minimum absolute atomic E-state index is 0.0601. The van der Waals surface area contributed by atoms with Crippen molar-refractivity contribution in [3.63, 3.8) is 0 Å². The Hall–Kier alpha value is -3.56. The number of hydrogen-bond donors (Lipinski definition) is 1. The summed E-state index contributed by atoms with van der Waals surface area (Å²) in [5.74, 6) is -0.730. The quantitative estimate of drug-likeness (QED) is 0.211. The Morgan fingerprint density at radius 2 is 1.60 bits per heavy atom. The summed E-state index contributed by atoms with van der Waals surface area (Å²) < 4.78 is 4.62. The van der Waals surface area contributed by atoms with Gasteiger partial charge in [-0.3, -0.25) is 14.4 Å². The summed E-state index contributed by atoms with van der Waals surface area (Å²) >= 11 is 1.69. The molecule has 3 aliphatic rings. The van der Waals surface area contributed by atoms with E-state index in [9.17, 15) is 19.5 Å². The molecule has 3 heterocycles. The number of likely N-dealkylation sites (tertiary alicyclic amines) is 1. The van der Waals surface area contributed by atoms with Gasteiger partial charge in [-0.15, -0.1) is 24.9 Å². The smallest absolute Gasteiger partial charge is 0.251 e. The molecule has 5 rings (SSSR count). The van der Waals surface area contributed by atoms with Gasteiger partial charge in [-0.25, -0.2) is 0 Å². The van der Waals surface area contributed by atoms with E-state index in [0.29, 0.717) is 30.9 Å². The molecule has 240 valence electrons. The highest BCUT2D eigenvalue weighted by Crippen LogP contribution is 2.69. The Kier molecular flexibility index (Phi) is 10.4. The molecule has 0 saturated carbocycles. The van der Waals surface area contributed by atoms with Crippen molar-refractivity contribution in [2.24, 2.45) is 17.8 Å². The van der Waals surface area contributed by atoms with Crippen molar-refractivity contribution in [2.75, 3.05) is 43.2 Å². The maximum atomic E-state index is 14.9. The number of amides is 3. The lowest BCUT2D eigenvalue weighted by Crippen LogP contribution is -2.57. The Labute approximate surface area is 271 Å². The predicted octanol–water partition coefficient (Wildman–Crippen LogP) is 5.32. The maximum Gasteiger partial charge on any atom is 0.251 e. The van der Waals surface area contributed by atoms with Gasteiger partial charge in [0, 0.05) is 42.9 Å². The lowest BCUT2D eigenvalue weighted by molar-refractivity contribution is -0.139. The van der Waals surface area contributed by atoms with Crippen LogP contribution in [-0.4, -0.2) is 77.1 Å². The third-order valence-corrected chi connectivity index (χ3v) is 11.8. The number of carbonyl (C=O) groups excluding carboxylic acids is 3. The molecular formula is C36H45N3O5S. The topological polar surface area (TPSA) is 90.4 Å². The van der Waals surface area contributed by atoms with E-state index in [4.69, 9.17) is 4.74 Å². The summed E-state index contributed by atoms with van der Waals surface area (Å²) in [6.45, 7) is 11.1. The molecule has 2 aromatic rings. The van der Waals surface area contributed by atoms with Gasteiger partial charge in [-0.2, -0.15) is 0 Å². The molecule has 3 unspecified atom stereocenters. The molecule has 45 heavy (non-hydrogen) atoms. The largest absolute Gasteiger partial charge is 0.497 e. The molecular weight excluding hydrogens is 586 g/mol. The zero-order valence-corrected chi connectivity index (χ0v) is 27.2. The molecule has 3 amide bonds. The number of ether oxygens (including phenoxy) is 1. The summed E-state index contributed by atoms with van der Waals surface area (Å²) in [4.78, 5) is 49.3. The lowest BCUT2D eigenvalue weighted by atomic mass is 9.65. The van der Waals surface area contributed by atoms with Crippen molar-refractivity contribution in [2.45, 2.75) is 55.1 Å². The molecule has 6 atom stereocenters. The number of unbranched alkanes of at least 4 members (excludes halogenated alkanes) is 3. The number of fused-ring (bicyclic) bond motifs is 1. The van der Waals surface area contributed by atoms with Crippen molar-refractivity contribution in [3.05, 3.63) is 79.9 Å². The van der Waals surface area contributed by atoms with Crippen molar-refractivity contribution in [1.82, 2.24) is 4.90 Å². The Bertz CT molecular complexity index is 1380. The molecule has 1 N–H and O–H groups in total. The van der Waals surface area contributed by atoms with E-state index in [1.165, 1.54) is 0 Å². The first-order chi connectivity index (χ1) is 21.8. The van der Waals surface area contributed by atoms with E-state index < -0.39 is 22.6 Å². The molecule has 3 fully saturated rings. The number of aliphatic hydroxyl groups is 1. The monoisotopic (exact) mass is 631 g/mol. The van der Waals surface area contributed by atoms with Crippen LogP contribution in [0.15, 0.2) is 79.9 Å². The van der Waals surface area contributed by atoms with Crippen molar-refractivity contribution in [3.8, 4) is 5.75 Å². The second-order valence-corrected chi connectivity index (χ2v) is 13.8. The fourth-order valence-corrected chi connectivity index (χ4v) is 10.1. The van der Waals surface area contributed by atoms with E-state index in [0.717, 1.165) is 31.4 Å². The number of methoxy groups -OCH3 is 1. The van der Waals surface area contributed by atoms with Gasteiger partial charge in [0.1, 0.15) is 11.8 Å². The third kappa shape index (κ3) is 5.92. The normalized spacial score (nSPS) is 26.4. The van der Waals surface area contributed by atoms with Gasteiger partial charge in [0.15, 0.2) is 0 Å². The number of benzene rings is 2. The molecule has 0 radical (unpaired) electrons. The molecule has 0 aliphatic carbocycles. The van der Waals surface area contributed by atoms with Crippen LogP contribution in [0.1, 0.15) is 39.0 Å². The zero-order valence-electron chi connectivity index (χ0n) is 26.3. The van der Waals surface area contributed by atoms with Crippen LogP contribution in [0.25, 0.3) is 0 Å². The van der Waals surface area contributed by atoms with Crippen LogP contribution < -0.4 is 14.5 Å². The van der Waals surface area contributed by atoms with Crippen molar-refractivity contribution < 1.29 is 24.2 Å². The predicted molar refractivity (Wildman–Crippen MR) is 180 cm³/mol. The first kappa shape index (κ1) is 32.8. The van der Waals surface area contributed by atoms with E-state index in [1.54, 1.807) is 45.7 Å². The zero-order chi connectivity index (χ0) is 32.1. The number of rotatable bonds is 15. The minimum Gasteiger partial charge on any atom is -0.497 e. The van der Waals surface area contributed by atoms with Crippen LogP contribution in [0.5, 0.6) is 5.75 Å². The van der Waals surface area contributed by atoms with Crippen LogP contribution in [0.3, 0.4) is 0 Å². The van der Waals surface area contributed by atoms with E-state index in [1.807, 2.05) is 54.6 Å². The highest BCUT2D eigenvalue weighted by atomic mass is 32.2. The SMILES string of the molecule is C=CCN(C(=O)C1N(CCCCCCO)C(=O)[C@@H]2[C@@H](C(=O)N(CC=C)c3ccccc3)[C@H]3CC(C)C12S3)c1ccc(OC)cc1. The van der Waals surface area contributed by atoms with Crippen LogP contribution in [-0.2, 0) is 14.4 Å². The number of hydrogen-bond acceptors (Lipinski definition) is 6. The summed E-state index contributed by atoms with van der Waals surface area (Å²) in [6.07, 6.45) is 7.30. The van der Waals surface area contributed by atoms with Crippen LogP contribution in [0.2, 0.25) is 0 Å². The highest BCUT2D eigenvalue weighted by molar-refractivity contribution is 8.02. The summed E-state index contributed by atoms with van der Waals surface area (Å²) in [5, 5.41) is 9.20. The second kappa shape index (κ2) is 14.3. The second-order valence-electron chi connectivity index (χ2n) is 12.2. The lowest BCUT2D eigenvalue weighted by Gasteiger charge is -2.41. The van der Waals surface area contributed by atoms with Gasteiger partial charge in [0.2, 0.25) is 11.8 Å². The van der Waals surface area contributed by atoms with Gasteiger partial charge >= 0.3 is 0 Å². The average molecular weight is 632 g/mol. The number of aliphatic hydroxyl groups excluding tert-OH is 1. The van der Waals surface area contributed by atoms with Crippen molar-refractivity contribution >= 4 is 40.9 Å². The van der Waals surface area contributed by atoms with Crippen molar-refractivity contribution in [1.29, 1.82) is 0 Å². The summed E-state index contributed by atoms with van der Waals surface area (Å²) in [5.41, 5.74) is 1.47. The Morgan fingerprint density at radius 3 is 2.22 bits per heavy atom. The molecule has 2 aromatic carbocycles. The standard InChI is InChI=1S/C36H45N3O5S/c1-5-20-37(26-14-10-9-11-15-26)33(41)30-29-24-25(3)36(45-29)31(30)34(42)39(22-12-7-8-13-23-40)32(36)35(43)38(21-6-2)27-16-18-28(44-4)19-17-27/h5-6,9-11,14-19,25,29-32,40H,1-2,7-8,12-13,20-24H2,3-4H3/t25?,29-,30+,31+,32?,36?/m1/s1. The molecule has 9 heteroatoms. The number of thioether (sulfide) groups is 1. The average Bonchev–Trinajstić information content (AvgIpc) is 3.65. The highest BCUT2D eigenvalue weighted by Gasteiger charge is 2.76. The summed E-state index contributed by atoms with van der Waals surface area (Å²) in [6, 6.07) is 16.2. The van der Waals surface area contributed by atoms with Crippen LogP contribution in [0, 0.1) is 17.8 Å². The number of carbonyl (C=O) groups is 3. The maximum absolute atomic E-state index is 14.9. The van der Waals surface area contributed by atoms with Gasteiger partial charge < -0.3 is 24.5 Å². The number of para-hydroxylation sites is 1. The van der Waals surface area contributed by atoms with E-state index in [2.05, 4.69) is 20.1 Å². The van der Waals surface area contributed by atoms with Crippen LogP contribution in [0.4, 0.5) is 11.4 Å². The Balaban J connectivity index is 1.55. The first-order valence-electron chi connectivity index (χ1n) is 16.0. The van der Waals surface area contributed by atoms with E-state index >= 15 is 0 Å². The number of anilines is 2. The molecule has 3 aliphatic heterocycles. The van der Waals surface area contributed by atoms with E-state index in [-0.39, 0.29) is 42.0 Å². The fraction of sp³-hybridized carbons (Fsp3) is 0.472. The summed E-state index contributed by atoms with van der Waals surface area (Å²) in [7, 11) is 1.60. The first-order valence-corrected chi connectivity index (χ1v) is 16.8. The van der Waals surface area contributed by atoms with Gasteiger partial charge in [-0.1, -0.05) is 50.1 Å². The van der Waals surface area contributed by atoms with Gasteiger partial charge in [0.25, 0.3) is 5.91 Å². The molecule has 3 saturated heterocycles. The fourth-order valence-electron chi connectivity index (χ4n) is 7.67. The Morgan fingerprint density at radius 1 is 0.978 bits per heavy atom. The molecule has 1 spiro atoms. The third-order valence-electron chi connectivity index (χ3n) is 9.68. The minimum atomic E-state index is -0.729. The van der Waals surface area contributed by atoms with Gasteiger partial charge in [0.05, 0.1) is 23.7 Å².